The maximum atomic E-state index is 10.4. The van der Waals surface area contributed by atoms with Crippen LogP contribution < -0.4 is 0 Å². The van der Waals surface area contributed by atoms with Gasteiger partial charge in [0.05, 0.1) is 0 Å². The molecule has 0 bridgehead atoms. The van der Waals surface area contributed by atoms with Crippen LogP contribution in [-0.4, -0.2) is 11.1 Å². The molecule has 0 fully saturated rings. The van der Waals surface area contributed by atoms with E-state index in [9.17, 15) is 4.79 Å². The molecule has 0 aliphatic carbocycles. The molecule has 158 valence electrons. The third-order valence-electron chi connectivity index (χ3n) is 4.99. The number of rotatable bonds is 20. The predicted octanol–water partition coefficient (Wildman–Crippen LogP) is 8.31. The van der Waals surface area contributed by atoms with Gasteiger partial charge >= 0.3 is 5.97 Å². The summed E-state index contributed by atoms with van der Waals surface area (Å²) in [6.45, 7) is 2.28. The molecular formula is C22H45ClCrO2. The summed E-state index contributed by atoms with van der Waals surface area (Å²) in [6, 6.07) is 0. The van der Waals surface area contributed by atoms with Crippen molar-refractivity contribution in [3.8, 4) is 0 Å². The normalized spacial score (nSPS) is 10.2. The second kappa shape index (κ2) is 27.5. The standard InChI is InChI=1S/C22H44O2.ClH.Cr/c1-2-3-4-5-6-7-8-9-10-11-12-13-14-15-16-17-18-19-20-21-22(23)24;;/h2-21H2,1H3,(H,23,24);1H;. The van der Waals surface area contributed by atoms with Crippen molar-refractivity contribution in [1.29, 1.82) is 0 Å². The number of hydrogen-bond acceptors (Lipinski definition) is 1. The Kier molecular flexibility index (Phi) is 32.8. The number of carboxylic acids is 1. The molecule has 0 rings (SSSR count). The van der Waals surface area contributed by atoms with Gasteiger partial charge in [0, 0.05) is 23.8 Å². The van der Waals surface area contributed by atoms with Crippen molar-refractivity contribution in [2.75, 3.05) is 0 Å². The van der Waals surface area contributed by atoms with E-state index in [0.29, 0.717) is 6.42 Å². The minimum absolute atomic E-state index is 0. The summed E-state index contributed by atoms with van der Waals surface area (Å²) in [6.07, 6.45) is 26.1. The molecule has 0 aliphatic rings. The smallest absolute Gasteiger partial charge is 0.303 e. The Hall–Kier alpha value is 0.292. The van der Waals surface area contributed by atoms with Crippen molar-refractivity contribution in [2.24, 2.45) is 0 Å². The van der Waals surface area contributed by atoms with Gasteiger partial charge in [-0.1, -0.05) is 122 Å². The predicted molar refractivity (Wildman–Crippen MR) is 113 cm³/mol. The third kappa shape index (κ3) is 29.1. The van der Waals surface area contributed by atoms with E-state index in [4.69, 9.17) is 5.11 Å². The van der Waals surface area contributed by atoms with E-state index in [-0.39, 0.29) is 29.8 Å². The number of aliphatic carboxylic acids is 1. The summed E-state index contributed by atoms with van der Waals surface area (Å²) < 4.78 is 0. The van der Waals surface area contributed by atoms with Crippen LogP contribution in [0.25, 0.3) is 0 Å². The number of carboxylic acid groups (broad SMARTS) is 1. The quantitative estimate of drug-likeness (QED) is 0.198. The fourth-order valence-corrected chi connectivity index (χ4v) is 3.35. The van der Waals surface area contributed by atoms with Crippen LogP contribution >= 0.6 is 12.4 Å². The monoisotopic (exact) mass is 428 g/mol. The van der Waals surface area contributed by atoms with Crippen molar-refractivity contribution >= 4 is 18.4 Å². The first-order chi connectivity index (χ1) is 11.8. The zero-order valence-electron chi connectivity index (χ0n) is 17.3. The first-order valence-electron chi connectivity index (χ1n) is 11.0. The molecule has 0 spiro atoms. The molecule has 0 amide bonds. The van der Waals surface area contributed by atoms with Crippen molar-refractivity contribution in [1.82, 2.24) is 0 Å². The van der Waals surface area contributed by atoms with Gasteiger partial charge in [-0.15, -0.1) is 12.4 Å². The topological polar surface area (TPSA) is 37.3 Å². The van der Waals surface area contributed by atoms with Crippen molar-refractivity contribution < 1.29 is 27.3 Å². The molecular weight excluding hydrogens is 384 g/mol. The van der Waals surface area contributed by atoms with Crippen LogP contribution in [0.3, 0.4) is 0 Å². The van der Waals surface area contributed by atoms with Crippen molar-refractivity contribution in [2.45, 2.75) is 135 Å². The molecule has 0 aliphatic heterocycles. The summed E-state index contributed by atoms with van der Waals surface area (Å²) >= 11 is 0. The van der Waals surface area contributed by atoms with Crippen LogP contribution in [0.2, 0.25) is 0 Å². The Balaban J connectivity index is -0.00000264. The van der Waals surface area contributed by atoms with Gasteiger partial charge in [-0.2, -0.15) is 0 Å². The van der Waals surface area contributed by atoms with Crippen LogP contribution in [0.1, 0.15) is 135 Å². The Morgan fingerprint density at radius 3 is 1.00 bits per heavy atom. The zero-order valence-corrected chi connectivity index (χ0v) is 19.4. The van der Waals surface area contributed by atoms with Crippen LogP contribution in [-0.2, 0) is 22.2 Å². The van der Waals surface area contributed by atoms with E-state index in [0.717, 1.165) is 12.8 Å². The molecule has 0 aromatic rings. The number of unbranched alkanes of at least 4 members (excludes halogenated alkanes) is 18. The first-order valence-corrected chi connectivity index (χ1v) is 11.0. The minimum Gasteiger partial charge on any atom is -0.481 e. The van der Waals surface area contributed by atoms with Gasteiger partial charge in [0.1, 0.15) is 0 Å². The Morgan fingerprint density at radius 2 is 0.769 bits per heavy atom. The van der Waals surface area contributed by atoms with Crippen molar-refractivity contribution in [3.05, 3.63) is 0 Å². The summed E-state index contributed by atoms with van der Waals surface area (Å²) in [4.78, 5) is 10.4. The largest absolute Gasteiger partial charge is 0.481 e. The number of halogens is 1. The van der Waals surface area contributed by atoms with Gasteiger partial charge in [0.15, 0.2) is 0 Å². The molecule has 0 atom stereocenters. The van der Waals surface area contributed by atoms with E-state index in [1.165, 1.54) is 109 Å². The fraction of sp³-hybridized carbons (Fsp3) is 0.955. The van der Waals surface area contributed by atoms with Crippen LogP contribution in [0.4, 0.5) is 0 Å². The molecule has 0 heterocycles. The molecule has 0 saturated carbocycles. The molecule has 0 aromatic heterocycles. The van der Waals surface area contributed by atoms with Crippen molar-refractivity contribution in [3.63, 3.8) is 0 Å². The second-order valence-corrected chi connectivity index (χ2v) is 7.51. The molecule has 2 nitrogen and oxygen atoms in total. The number of carbonyl (C=O) groups is 1. The molecule has 0 radical (unpaired) electrons. The zero-order chi connectivity index (χ0) is 17.7. The van der Waals surface area contributed by atoms with Gasteiger partial charge in [0.25, 0.3) is 0 Å². The van der Waals surface area contributed by atoms with E-state index >= 15 is 0 Å². The minimum atomic E-state index is -0.651. The summed E-state index contributed by atoms with van der Waals surface area (Å²) in [7, 11) is 0. The average Bonchev–Trinajstić information content (AvgIpc) is 2.56. The molecule has 0 saturated heterocycles. The molecule has 0 aromatic carbocycles. The Labute approximate surface area is 180 Å². The van der Waals surface area contributed by atoms with Gasteiger partial charge in [-0.3, -0.25) is 4.79 Å². The van der Waals surface area contributed by atoms with E-state index in [1.54, 1.807) is 0 Å². The molecule has 0 unspecified atom stereocenters. The summed E-state index contributed by atoms with van der Waals surface area (Å²) in [5.74, 6) is -0.651. The van der Waals surface area contributed by atoms with Gasteiger partial charge in [-0.25, -0.2) is 0 Å². The fourth-order valence-electron chi connectivity index (χ4n) is 3.35. The van der Waals surface area contributed by atoms with E-state index in [2.05, 4.69) is 6.92 Å². The SMILES string of the molecule is CCCCCCCCCCCCCCCCCCCCCC(=O)O.Cl.[Cr]. The van der Waals surface area contributed by atoms with Gasteiger partial charge < -0.3 is 5.11 Å². The van der Waals surface area contributed by atoms with E-state index < -0.39 is 5.97 Å². The number of hydrogen-bond donors (Lipinski definition) is 1. The summed E-state index contributed by atoms with van der Waals surface area (Å²) in [5, 5.41) is 8.56. The molecule has 1 N–H and O–H groups in total. The first kappa shape index (κ1) is 31.0. The van der Waals surface area contributed by atoms with Crippen LogP contribution in [0.15, 0.2) is 0 Å². The summed E-state index contributed by atoms with van der Waals surface area (Å²) in [5.41, 5.74) is 0. The third-order valence-corrected chi connectivity index (χ3v) is 4.99. The van der Waals surface area contributed by atoms with Crippen LogP contribution in [0.5, 0.6) is 0 Å². The van der Waals surface area contributed by atoms with Gasteiger partial charge in [-0.05, 0) is 6.42 Å². The van der Waals surface area contributed by atoms with E-state index in [1.807, 2.05) is 0 Å². The second-order valence-electron chi connectivity index (χ2n) is 7.51. The average molecular weight is 429 g/mol. The van der Waals surface area contributed by atoms with Gasteiger partial charge in [0.2, 0.25) is 0 Å². The maximum absolute atomic E-state index is 10.4. The molecule has 4 heteroatoms. The maximum Gasteiger partial charge on any atom is 0.303 e. The Bertz CT molecular complexity index is 263. The van der Waals surface area contributed by atoms with Crippen LogP contribution in [0, 0.1) is 0 Å². The Morgan fingerprint density at radius 1 is 0.538 bits per heavy atom. The molecule has 26 heavy (non-hydrogen) atoms.